The second-order valence-corrected chi connectivity index (χ2v) is 6.76. The first kappa shape index (κ1) is 18.2. The molecule has 130 valence electrons. The fourth-order valence-electron chi connectivity index (χ4n) is 2.71. The molecular weight excluding hydrogens is 343 g/mol. The Bertz CT molecular complexity index is 993. The third-order valence-corrected chi connectivity index (χ3v) is 5.02. The van der Waals surface area contributed by atoms with Gasteiger partial charge in [-0.2, -0.15) is 0 Å². The van der Waals surface area contributed by atoms with Crippen LogP contribution in [0.1, 0.15) is 18.9 Å². The Kier molecular flexibility index (Phi) is 5.43. The lowest BCUT2D eigenvalue weighted by molar-refractivity contribution is 0.337. The average Bonchev–Trinajstić information content (AvgIpc) is 2.96. The zero-order valence-corrected chi connectivity index (χ0v) is 15.6. The molecule has 0 bridgehead atoms. The van der Waals surface area contributed by atoms with Crippen molar-refractivity contribution >= 4 is 41.9 Å². The highest BCUT2D eigenvalue weighted by atomic mass is 32.2. The Balaban J connectivity index is 2.07. The van der Waals surface area contributed by atoms with E-state index in [0.717, 1.165) is 26.9 Å². The number of benzene rings is 1. The summed E-state index contributed by atoms with van der Waals surface area (Å²) in [6, 6.07) is 5.76. The van der Waals surface area contributed by atoms with E-state index in [1.54, 1.807) is 6.20 Å². The molecule has 0 fully saturated rings. The van der Waals surface area contributed by atoms with Crippen molar-refractivity contribution in [3.8, 4) is 18.1 Å². The van der Waals surface area contributed by atoms with Crippen molar-refractivity contribution in [1.29, 1.82) is 0 Å². The van der Waals surface area contributed by atoms with Gasteiger partial charge in [0.1, 0.15) is 19.1 Å². The molecule has 0 aliphatic carbocycles. The lowest BCUT2D eigenvalue weighted by Gasteiger charge is -2.13. The van der Waals surface area contributed by atoms with Gasteiger partial charge in [0.25, 0.3) is 0 Å². The van der Waals surface area contributed by atoms with Crippen LogP contribution in [0.4, 0.5) is 5.82 Å². The summed E-state index contributed by atoms with van der Waals surface area (Å²) in [7, 11) is 6.23. The minimum absolute atomic E-state index is 0.399. The fourth-order valence-corrected chi connectivity index (χ4v) is 3.69. The number of anilines is 1. The summed E-state index contributed by atoms with van der Waals surface area (Å²) in [5, 5.41) is 0.771. The maximum Gasteiger partial charge on any atom is 0.174 e. The van der Waals surface area contributed by atoms with Crippen LogP contribution in [0.3, 0.4) is 0 Å². The molecule has 26 heavy (non-hydrogen) atoms. The van der Waals surface area contributed by atoms with Gasteiger partial charge in [0, 0.05) is 24.1 Å². The molecule has 7 heteroatoms. The van der Waals surface area contributed by atoms with Crippen LogP contribution in [-0.4, -0.2) is 29.0 Å². The van der Waals surface area contributed by atoms with E-state index in [2.05, 4.69) is 20.5 Å². The van der Waals surface area contributed by atoms with Crippen LogP contribution in [0.2, 0.25) is 0 Å². The number of fused-ring (bicyclic) bond motifs is 1. The molecule has 0 saturated heterocycles. The lowest BCUT2D eigenvalue weighted by atomic mass is 9.94. The molecule has 3 aromatic rings. The maximum atomic E-state index is 6.23. The van der Waals surface area contributed by atoms with Crippen molar-refractivity contribution in [2.75, 3.05) is 12.3 Å². The number of nitrogen functional groups attached to an aromatic ring is 1. The molecular formula is C19H19BN4OS. The lowest BCUT2D eigenvalue weighted by Crippen LogP contribution is -2.09. The molecule has 0 saturated carbocycles. The minimum atomic E-state index is 0.399. The highest BCUT2D eigenvalue weighted by Gasteiger charge is 2.16. The van der Waals surface area contributed by atoms with Crippen LogP contribution in [0.25, 0.3) is 11.0 Å². The van der Waals surface area contributed by atoms with E-state index in [1.165, 1.54) is 11.8 Å². The molecule has 0 aliphatic heterocycles. The monoisotopic (exact) mass is 362 g/mol. The number of aromatic nitrogens is 3. The van der Waals surface area contributed by atoms with Crippen molar-refractivity contribution in [3.05, 3.63) is 30.0 Å². The number of terminal acetylenes is 1. The normalized spacial score (nSPS) is 10.8. The Hall–Kier alpha value is -2.59. The third-order valence-electron chi connectivity index (χ3n) is 3.95. The van der Waals surface area contributed by atoms with Gasteiger partial charge in [0.05, 0.1) is 12.1 Å². The summed E-state index contributed by atoms with van der Waals surface area (Å²) >= 11 is 1.47. The number of hydrogen-bond acceptors (Lipinski definition) is 5. The van der Waals surface area contributed by atoms with Crippen LogP contribution in [0.5, 0.6) is 5.75 Å². The first-order valence-corrected chi connectivity index (χ1v) is 9.11. The largest absolute Gasteiger partial charge is 0.494 e. The van der Waals surface area contributed by atoms with E-state index in [1.807, 2.05) is 32.0 Å². The van der Waals surface area contributed by atoms with Crippen LogP contribution < -0.4 is 15.9 Å². The molecule has 2 aromatic heterocycles. The molecule has 3 rings (SSSR count). The quantitative estimate of drug-likeness (QED) is 0.540. The Labute approximate surface area is 158 Å². The predicted molar refractivity (Wildman–Crippen MR) is 107 cm³/mol. The molecule has 0 atom stereocenters. The Morgan fingerprint density at radius 1 is 1.42 bits per heavy atom. The molecule has 0 aliphatic rings. The van der Waals surface area contributed by atoms with Gasteiger partial charge in [-0.3, -0.25) is 0 Å². The summed E-state index contributed by atoms with van der Waals surface area (Å²) in [4.78, 5) is 9.68. The molecule has 1 aromatic carbocycles. The average molecular weight is 362 g/mol. The second-order valence-electron chi connectivity index (χ2n) is 5.75. The smallest absolute Gasteiger partial charge is 0.174 e. The van der Waals surface area contributed by atoms with E-state index in [9.17, 15) is 0 Å². The molecule has 5 nitrogen and oxygen atoms in total. The maximum absolute atomic E-state index is 6.23. The topological polar surface area (TPSA) is 66.0 Å². The van der Waals surface area contributed by atoms with E-state index in [0.29, 0.717) is 36.4 Å². The SMILES string of the molecule is [B]c1cc(C)c(OCC)cc1Sc1nc2c(N)nccc2n1CCC#C. The first-order valence-electron chi connectivity index (χ1n) is 8.30. The number of pyridine rings is 1. The van der Waals surface area contributed by atoms with Gasteiger partial charge in [0.15, 0.2) is 11.0 Å². The molecule has 2 radical (unpaired) electrons. The summed E-state index contributed by atoms with van der Waals surface area (Å²) < 4.78 is 7.74. The Morgan fingerprint density at radius 3 is 2.96 bits per heavy atom. The van der Waals surface area contributed by atoms with Gasteiger partial charge in [0.2, 0.25) is 0 Å². The van der Waals surface area contributed by atoms with E-state index < -0.39 is 0 Å². The van der Waals surface area contributed by atoms with Gasteiger partial charge in [-0.15, -0.1) is 12.3 Å². The summed E-state index contributed by atoms with van der Waals surface area (Å²) in [5.41, 5.74) is 9.25. The van der Waals surface area contributed by atoms with Gasteiger partial charge >= 0.3 is 0 Å². The predicted octanol–water partition coefficient (Wildman–Crippen LogP) is 2.69. The molecule has 2 heterocycles. The van der Waals surface area contributed by atoms with Crippen LogP contribution in [0.15, 0.2) is 34.4 Å². The van der Waals surface area contributed by atoms with Crippen molar-refractivity contribution in [2.24, 2.45) is 0 Å². The first-order chi connectivity index (χ1) is 12.5. The number of nitrogens with two attached hydrogens (primary N) is 1. The van der Waals surface area contributed by atoms with Crippen molar-refractivity contribution in [1.82, 2.24) is 14.5 Å². The second kappa shape index (κ2) is 7.75. The van der Waals surface area contributed by atoms with Gasteiger partial charge in [-0.25, -0.2) is 9.97 Å². The van der Waals surface area contributed by atoms with Crippen molar-refractivity contribution < 1.29 is 4.74 Å². The van der Waals surface area contributed by atoms with Crippen LogP contribution >= 0.6 is 11.8 Å². The molecule has 0 amide bonds. The zero-order valence-electron chi connectivity index (χ0n) is 14.8. The number of hydrogen-bond donors (Lipinski definition) is 1. The number of rotatable bonds is 6. The van der Waals surface area contributed by atoms with Gasteiger partial charge in [-0.1, -0.05) is 23.3 Å². The zero-order chi connectivity index (χ0) is 18.7. The minimum Gasteiger partial charge on any atom is -0.494 e. The number of nitrogens with zero attached hydrogens (tertiary/aromatic N) is 3. The van der Waals surface area contributed by atoms with Crippen LogP contribution in [-0.2, 0) is 6.54 Å². The molecule has 0 spiro atoms. The van der Waals surface area contributed by atoms with E-state index in [4.69, 9.17) is 24.7 Å². The van der Waals surface area contributed by atoms with Crippen molar-refractivity contribution in [3.63, 3.8) is 0 Å². The highest BCUT2D eigenvalue weighted by Crippen LogP contribution is 2.33. The standard InChI is InChI=1S/C19H19BN4OS/c1-4-6-9-24-14-7-8-22-18(21)17(14)23-19(24)26-16-11-15(25-5-2)12(3)10-13(16)20/h1,7-8,10-11H,5-6,9H2,2-3H3,(H2,21,22). The molecule has 2 N–H and O–H groups in total. The number of ether oxygens (including phenoxy) is 1. The summed E-state index contributed by atoms with van der Waals surface area (Å²) in [5.74, 6) is 3.89. The number of aryl methyl sites for hydroxylation is 2. The van der Waals surface area contributed by atoms with Gasteiger partial charge in [-0.05, 0) is 31.5 Å². The van der Waals surface area contributed by atoms with E-state index >= 15 is 0 Å². The summed E-state index contributed by atoms with van der Waals surface area (Å²) in [6.07, 6.45) is 7.72. The molecule has 0 unspecified atom stereocenters. The third kappa shape index (κ3) is 3.51. The van der Waals surface area contributed by atoms with Gasteiger partial charge < -0.3 is 15.0 Å². The fraction of sp³-hybridized carbons (Fsp3) is 0.263. The Morgan fingerprint density at radius 2 is 2.23 bits per heavy atom. The highest BCUT2D eigenvalue weighted by molar-refractivity contribution is 7.99. The summed E-state index contributed by atoms with van der Waals surface area (Å²) in [6.45, 7) is 5.17. The van der Waals surface area contributed by atoms with Crippen molar-refractivity contribution in [2.45, 2.75) is 36.9 Å². The van der Waals surface area contributed by atoms with E-state index in [-0.39, 0.29) is 0 Å². The number of imidazole rings is 1. The van der Waals surface area contributed by atoms with Crippen LogP contribution in [0, 0.1) is 19.3 Å².